The standard InChI is InChI=1S/C25H25BrO3/c1-3-18(2)20-13-14-24(22(26)17-20)29-25(27)21-11-7-8-12-23(21)28-16-15-19-9-5-4-6-10-19/h4-14,17-18H,3,15-16H2,1-2H3. The molecule has 0 saturated carbocycles. The first-order valence-electron chi connectivity index (χ1n) is 9.86. The zero-order valence-electron chi connectivity index (χ0n) is 16.7. The lowest BCUT2D eigenvalue weighted by Gasteiger charge is -2.14. The summed E-state index contributed by atoms with van der Waals surface area (Å²) in [6.45, 7) is 4.82. The smallest absolute Gasteiger partial charge is 0.347 e. The molecule has 0 spiro atoms. The number of carbonyl (C=O) groups is 1. The van der Waals surface area contributed by atoms with Crippen molar-refractivity contribution in [1.82, 2.24) is 0 Å². The van der Waals surface area contributed by atoms with E-state index in [2.05, 4.69) is 41.9 Å². The van der Waals surface area contributed by atoms with Gasteiger partial charge in [-0.15, -0.1) is 0 Å². The molecule has 3 nitrogen and oxygen atoms in total. The van der Waals surface area contributed by atoms with Crippen molar-refractivity contribution in [3.8, 4) is 11.5 Å². The molecule has 3 aromatic carbocycles. The van der Waals surface area contributed by atoms with Crippen LogP contribution in [-0.4, -0.2) is 12.6 Å². The van der Waals surface area contributed by atoms with Crippen LogP contribution in [0.25, 0.3) is 0 Å². The third kappa shape index (κ3) is 5.70. The molecule has 0 bridgehead atoms. The van der Waals surface area contributed by atoms with Crippen LogP contribution in [0.2, 0.25) is 0 Å². The van der Waals surface area contributed by atoms with E-state index in [-0.39, 0.29) is 0 Å². The lowest BCUT2D eigenvalue weighted by atomic mass is 9.99. The monoisotopic (exact) mass is 452 g/mol. The number of carbonyl (C=O) groups excluding carboxylic acids is 1. The average molecular weight is 453 g/mol. The molecule has 0 aliphatic heterocycles. The van der Waals surface area contributed by atoms with Crippen LogP contribution >= 0.6 is 15.9 Å². The van der Waals surface area contributed by atoms with Gasteiger partial charge in [0, 0.05) is 6.42 Å². The van der Waals surface area contributed by atoms with E-state index in [9.17, 15) is 4.79 Å². The molecule has 0 N–H and O–H groups in total. The van der Waals surface area contributed by atoms with Crippen LogP contribution in [0.15, 0.2) is 77.3 Å². The average Bonchev–Trinajstić information content (AvgIpc) is 2.75. The summed E-state index contributed by atoms with van der Waals surface area (Å²) in [5.41, 5.74) is 2.82. The molecule has 4 heteroatoms. The summed E-state index contributed by atoms with van der Waals surface area (Å²) in [7, 11) is 0. The first kappa shape index (κ1) is 21.1. The van der Waals surface area contributed by atoms with Crippen molar-refractivity contribution in [2.75, 3.05) is 6.61 Å². The van der Waals surface area contributed by atoms with Gasteiger partial charge in [-0.25, -0.2) is 4.79 Å². The summed E-state index contributed by atoms with van der Waals surface area (Å²) < 4.78 is 12.3. The van der Waals surface area contributed by atoms with Crippen molar-refractivity contribution in [3.05, 3.63) is 94.0 Å². The molecule has 0 aliphatic carbocycles. The molecular weight excluding hydrogens is 428 g/mol. The summed E-state index contributed by atoms with van der Waals surface area (Å²) in [5, 5.41) is 0. The molecular formula is C25H25BrO3. The number of ether oxygens (including phenoxy) is 2. The van der Waals surface area contributed by atoms with Gasteiger partial charge < -0.3 is 9.47 Å². The molecule has 0 radical (unpaired) electrons. The Hall–Kier alpha value is -2.59. The Labute approximate surface area is 180 Å². The predicted octanol–water partition coefficient (Wildman–Crippen LogP) is 6.80. The number of rotatable bonds is 8. The zero-order chi connectivity index (χ0) is 20.6. The van der Waals surface area contributed by atoms with Crippen LogP contribution in [-0.2, 0) is 6.42 Å². The van der Waals surface area contributed by atoms with E-state index in [1.165, 1.54) is 11.1 Å². The number of hydrogen-bond donors (Lipinski definition) is 0. The quantitative estimate of drug-likeness (QED) is 0.278. The minimum Gasteiger partial charge on any atom is -0.492 e. The Morgan fingerprint density at radius 3 is 2.41 bits per heavy atom. The fourth-order valence-corrected chi connectivity index (χ4v) is 3.46. The summed E-state index contributed by atoms with van der Waals surface area (Å²) in [6, 6.07) is 23.1. The first-order chi connectivity index (χ1) is 14.1. The number of hydrogen-bond acceptors (Lipinski definition) is 3. The highest BCUT2D eigenvalue weighted by Crippen LogP contribution is 2.31. The second-order valence-electron chi connectivity index (χ2n) is 6.97. The fraction of sp³-hybridized carbons (Fsp3) is 0.240. The van der Waals surface area contributed by atoms with Crippen molar-refractivity contribution >= 4 is 21.9 Å². The lowest BCUT2D eigenvalue weighted by molar-refractivity contribution is 0.0729. The predicted molar refractivity (Wildman–Crippen MR) is 120 cm³/mol. The van der Waals surface area contributed by atoms with Gasteiger partial charge in [0.05, 0.1) is 11.1 Å². The van der Waals surface area contributed by atoms with E-state index in [1.54, 1.807) is 12.1 Å². The molecule has 1 unspecified atom stereocenters. The van der Waals surface area contributed by atoms with Gasteiger partial charge in [-0.1, -0.05) is 62.4 Å². The van der Waals surface area contributed by atoms with Gasteiger partial charge in [0.25, 0.3) is 0 Å². The van der Waals surface area contributed by atoms with Crippen LogP contribution in [0.4, 0.5) is 0 Å². The van der Waals surface area contributed by atoms with Gasteiger partial charge >= 0.3 is 5.97 Å². The first-order valence-corrected chi connectivity index (χ1v) is 10.6. The minimum absolute atomic E-state index is 0.415. The van der Waals surface area contributed by atoms with Crippen molar-refractivity contribution in [2.45, 2.75) is 32.6 Å². The Kier molecular flexibility index (Phi) is 7.48. The molecule has 0 fully saturated rings. The van der Waals surface area contributed by atoms with Gasteiger partial charge in [-0.05, 0) is 63.7 Å². The second kappa shape index (κ2) is 10.3. The molecule has 0 aliphatic rings. The summed E-state index contributed by atoms with van der Waals surface area (Å²) in [6.07, 6.45) is 1.83. The molecule has 3 aromatic rings. The summed E-state index contributed by atoms with van der Waals surface area (Å²) in [5.74, 6) is 1.05. The van der Waals surface area contributed by atoms with E-state index < -0.39 is 5.97 Å². The highest BCUT2D eigenvalue weighted by Gasteiger charge is 2.17. The fourth-order valence-electron chi connectivity index (χ4n) is 2.98. The van der Waals surface area contributed by atoms with Crippen LogP contribution in [0.3, 0.4) is 0 Å². The molecule has 3 rings (SSSR count). The maximum absolute atomic E-state index is 12.8. The highest BCUT2D eigenvalue weighted by atomic mass is 79.9. The Bertz CT molecular complexity index is 953. The minimum atomic E-state index is -0.433. The molecule has 0 aromatic heterocycles. The van der Waals surface area contributed by atoms with Crippen LogP contribution in [0.5, 0.6) is 11.5 Å². The third-order valence-electron chi connectivity index (χ3n) is 4.94. The van der Waals surface area contributed by atoms with Gasteiger partial charge in [-0.2, -0.15) is 0 Å². The third-order valence-corrected chi connectivity index (χ3v) is 5.56. The van der Waals surface area contributed by atoms with Crippen molar-refractivity contribution in [1.29, 1.82) is 0 Å². The van der Waals surface area contributed by atoms with Gasteiger partial charge in [0.15, 0.2) is 0 Å². The molecule has 0 saturated heterocycles. The van der Waals surface area contributed by atoms with Crippen molar-refractivity contribution in [2.24, 2.45) is 0 Å². The van der Waals surface area contributed by atoms with Gasteiger partial charge in [-0.3, -0.25) is 0 Å². The Morgan fingerprint density at radius 1 is 0.966 bits per heavy atom. The van der Waals surface area contributed by atoms with Crippen LogP contribution in [0.1, 0.15) is 47.7 Å². The molecule has 0 heterocycles. The number of para-hydroxylation sites is 1. The summed E-state index contributed by atoms with van der Waals surface area (Å²) in [4.78, 5) is 12.8. The van der Waals surface area contributed by atoms with Gasteiger partial charge in [0.1, 0.15) is 17.1 Å². The van der Waals surface area contributed by atoms with Crippen LogP contribution < -0.4 is 9.47 Å². The maximum Gasteiger partial charge on any atom is 0.347 e. The van der Waals surface area contributed by atoms with Crippen LogP contribution in [0, 0.1) is 0 Å². The summed E-state index contributed by atoms with van der Waals surface area (Å²) >= 11 is 3.52. The normalized spacial score (nSPS) is 11.7. The SMILES string of the molecule is CCC(C)c1ccc(OC(=O)c2ccccc2OCCc2ccccc2)c(Br)c1. The highest BCUT2D eigenvalue weighted by molar-refractivity contribution is 9.10. The molecule has 0 amide bonds. The van der Waals surface area contributed by atoms with E-state index in [4.69, 9.17) is 9.47 Å². The number of benzene rings is 3. The number of esters is 1. The van der Waals surface area contributed by atoms with E-state index in [0.717, 1.165) is 17.3 Å². The molecule has 29 heavy (non-hydrogen) atoms. The van der Waals surface area contributed by atoms with E-state index in [1.807, 2.05) is 48.5 Å². The number of halogens is 1. The maximum atomic E-state index is 12.8. The van der Waals surface area contributed by atoms with E-state index in [0.29, 0.717) is 29.6 Å². The molecule has 1 atom stereocenters. The lowest BCUT2D eigenvalue weighted by Crippen LogP contribution is -2.12. The molecule has 150 valence electrons. The van der Waals surface area contributed by atoms with Crippen molar-refractivity contribution in [3.63, 3.8) is 0 Å². The van der Waals surface area contributed by atoms with Gasteiger partial charge in [0.2, 0.25) is 0 Å². The topological polar surface area (TPSA) is 35.5 Å². The second-order valence-corrected chi connectivity index (χ2v) is 7.82. The zero-order valence-corrected chi connectivity index (χ0v) is 18.3. The largest absolute Gasteiger partial charge is 0.492 e. The Morgan fingerprint density at radius 2 is 1.69 bits per heavy atom. The van der Waals surface area contributed by atoms with Crippen molar-refractivity contribution < 1.29 is 14.3 Å². The van der Waals surface area contributed by atoms with E-state index >= 15 is 0 Å². The Balaban J connectivity index is 1.68.